The molecule has 0 aliphatic carbocycles. The lowest BCUT2D eigenvalue weighted by molar-refractivity contribution is -0.131. The van der Waals surface area contributed by atoms with Gasteiger partial charge in [0.2, 0.25) is 5.91 Å². The Bertz CT molecular complexity index is 424. The van der Waals surface area contributed by atoms with Crippen molar-refractivity contribution in [3.8, 4) is 0 Å². The summed E-state index contributed by atoms with van der Waals surface area (Å²) >= 11 is 0. The van der Waals surface area contributed by atoms with Crippen LogP contribution in [-0.4, -0.2) is 23.5 Å². The molecule has 0 spiro atoms. The minimum Gasteiger partial charge on any atom is -0.478 e. The van der Waals surface area contributed by atoms with E-state index in [1.807, 2.05) is 0 Å². The van der Waals surface area contributed by atoms with E-state index in [0.29, 0.717) is 6.54 Å². The quantitative estimate of drug-likeness (QED) is 0.677. The summed E-state index contributed by atoms with van der Waals surface area (Å²) in [4.78, 5) is 21.0. The zero-order valence-corrected chi connectivity index (χ0v) is 9.43. The third-order valence-corrected chi connectivity index (χ3v) is 1.89. The van der Waals surface area contributed by atoms with E-state index >= 15 is 0 Å². The lowest BCUT2D eigenvalue weighted by atomic mass is 10.2. The largest absolute Gasteiger partial charge is 0.478 e. The van der Waals surface area contributed by atoms with Gasteiger partial charge in [0.15, 0.2) is 0 Å². The van der Waals surface area contributed by atoms with Gasteiger partial charge in [-0.3, -0.25) is 4.79 Å². The Morgan fingerprint density at radius 3 is 2.35 bits per heavy atom. The second kappa shape index (κ2) is 6.32. The maximum Gasteiger partial charge on any atom is 0.328 e. The molecule has 0 unspecified atom stereocenters. The number of rotatable bonds is 5. The van der Waals surface area contributed by atoms with E-state index in [1.54, 1.807) is 24.3 Å². The average Bonchev–Trinajstić information content (AvgIpc) is 2.25. The van der Waals surface area contributed by atoms with Crippen molar-refractivity contribution in [2.45, 2.75) is 6.92 Å². The molecule has 1 aromatic carbocycles. The van der Waals surface area contributed by atoms with E-state index in [1.165, 1.54) is 13.0 Å². The first-order valence-corrected chi connectivity index (χ1v) is 5.09. The molecule has 0 aliphatic rings. The van der Waals surface area contributed by atoms with E-state index in [2.05, 4.69) is 10.6 Å². The number of nitrogens with one attached hydrogen (secondary N) is 2. The highest BCUT2D eigenvalue weighted by atomic mass is 16.4. The second-order valence-electron chi connectivity index (χ2n) is 3.38. The summed E-state index contributed by atoms with van der Waals surface area (Å²) in [6.45, 7) is 1.88. The fourth-order valence-corrected chi connectivity index (χ4v) is 1.21. The Morgan fingerprint density at radius 2 is 1.82 bits per heavy atom. The fraction of sp³-hybridized carbons (Fsp3) is 0.167. The monoisotopic (exact) mass is 234 g/mol. The van der Waals surface area contributed by atoms with Crippen LogP contribution in [0.4, 0.5) is 11.4 Å². The van der Waals surface area contributed by atoms with Crippen LogP contribution in [0.5, 0.6) is 0 Å². The first kappa shape index (κ1) is 12.8. The normalized spacial score (nSPS) is 10.2. The topological polar surface area (TPSA) is 78.4 Å². The first-order chi connectivity index (χ1) is 8.08. The van der Waals surface area contributed by atoms with Crippen LogP contribution in [0.1, 0.15) is 6.92 Å². The molecule has 1 aromatic rings. The Labute approximate surface area is 99.1 Å². The van der Waals surface area contributed by atoms with Crippen molar-refractivity contribution in [3.05, 3.63) is 36.4 Å². The third-order valence-electron chi connectivity index (χ3n) is 1.89. The number of hydrogen-bond acceptors (Lipinski definition) is 3. The molecule has 3 N–H and O–H groups in total. The van der Waals surface area contributed by atoms with Gasteiger partial charge in [-0.15, -0.1) is 0 Å². The number of carbonyl (C=O) groups excluding carboxylic acids is 1. The number of carbonyl (C=O) groups is 2. The molecule has 0 atom stereocenters. The molecular weight excluding hydrogens is 220 g/mol. The van der Waals surface area contributed by atoms with Crippen molar-refractivity contribution in [3.63, 3.8) is 0 Å². The van der Waals surface area contributed by atoms with Gasteiger partial charge in [-0.25, -0.2) is 4.79 Å². The molecule has 0 saturated carbocycles. The van der Waals surface area contributed by atoms with E-state index < -0.39 is 5.97 Å². The van der Waals surface area contributed by atoms with Crippen LogP contribution in [0.15, 0.2) is 36.4 Å². The van der Waals surface area contributed by atoms with Gasteiger partial charge in [0, 0.05) is 30.9 Å². The first-order valence-electron chi connectivity index (χ1n) is 5.09. The van der Waals surface area contributed by atoms with Crippen molar-refractivity contribution >= 4 is 23.3 Å². The average molecular weight is 234 g/mol. The summed E-state index contributed by atoms with van der Waals surface area (Å²) in [5.41, 5.74) is 1.58. The number of aliphatic carboxylic acids is 1. The zero-order chi connectivity index (χ0) is 12.7. The van der Waals surface area contributed by atoms with Crippen LogP contribution in [0.25, 0.3) is 0 Å². The molecule has 0 bridgehead atoms. The molecule has 5 nitrogen and oxygen atoms in total. The highest BCUT2D eigenvalue weighted by Gasteiger charge is 1.95. The molecule has 5 heteroatoms. The van der Waals surface area contributed by atoms with Crippen LogP contribution < -0.4 is 10.6 Å². The number of hydrogen-bond donors (Lipinski definition) is 3. The third kappa shape index (κ3) is 5.36. The predicted octanol–water partition coefficient (Wildman–Crippen LogP) is 1.70. The molecule has 90 valence electrons. The van der Waals surface area contributed by atoms with Gasteiger partial charge in [-0.2, -0.15) is 0 Å². The Hall–Kier alpha value is -2.30. The Morgan fingerprint density at radius 1 is 1.24 bits per heavy atom. The molecule has 1 rings (SSSR count). The molecule has 17 heavy (non-hydrogen) atoms. The zero-order valence-electron chi connectivity index (χ0n) is 9.43. The summed E-state index contributed by atoms with van der Waals surface area (Å²) in [7, 11) is 0. The SMILES string of the molecule is CC(=O)Nc1ccc(NC/C=C/C(=O)O)cc1. The molecule has 0 aromatic heterocycles. The minimum absolute atomic E-state index is 0.116. The van der Waals surface area contributed by atoms with E-state index in [4.69, 9.17) is 5.11 Å². The molecule has 0 radical (unpaired) electrons. The molecular formula is C12H14N2O3. The van der Waals surface area contributed by atoms with Gasteiger partial charge in [0.25, 0.3) is 0 Å². The molecule has 0 fully saturated rings. The van der Waals surface area contributed by atoms with E-state index in [-0.39, 0.29) is 5.91 Å². The van der Waals surface area contributed by atoms with Crippen LogP contribution in [0.3, 0.4) is 0 Å². The van der Waals surface area contributed by atoms with Crippen molar-refractivity contribution in [1.82, 2.24) is 0 Å². The summed E-state index contributed by atoms with van der Waals surface area (Å²) in [6.07, 6.45) is 2.60. The van der Waals surface area contributed by atoms with Crippen molar-refractivity contribution < 1.29 is 14.7 Å². The standard InChI is InChI=1S/C12H14N2O3/c1-9(15)14-11-6-4-10(5-7-11)13-8-2-3-12(16)17/h2-7,13H,8H2,1H3,(H,14,15)(H,16,17)/b3-2+. The lowest BCUT2D eigenvalue weighted by Gasteiger charge is -2.05. The van der Waals surface area contributed by atoms with Gasteiger partial charge in [0.05, 0.1) is 0 Å². The highest BCUT2D eigenvalue weighted by molar-refractivity contribution is 5.88. The van der Waals surface area contributed by atoms with Gasteiger partial charge in [0.1, 0.15) is 0 Å². The lowest BCUT2D eigenvalue weighted by Crippen LogP contribution is -2.05. The van der Waals surface area contributed by atoms with Gasteiger partial charge in [-0.05, 0) is 24.3 Å². The Kier molecular flexibility index (Phi) is 4.75. The highest BCUT2D eigenvalue weighted by Crippen LogP contribution is 2.13. The number of carboxylic acids is 1. The number of benzene rings is 1. The molecule has 0 saturated heterocycles. The fourth-order valence-electron chi connectivity index (χ4n) is 1.21. The molecule has 0 aliphatic heterocycles. The number of anilines is 2. The van der Waals surface area contributed by atoms with Gasteiger partial charge in [-0.1, -0.05) is 6.08 Å². The number of amides is 1. The number of carboxylic acid groups (broad SMARTS) is 1. The van der Waals surface area contributed by atoms with Gasteiger partial charge >= 0.3 is 5.97 Å². The van der Waals surface area contributed by atoms with Crippen molar-refractivity contribution in [2.75, 3.05) is 17.2 Å². The minimum atomic E-state index is -0.965. The smallest absolute Gasteiger partial charge is 0.328 e. The molecule has 1 amide bonds. The second-order valence-corrected chi connectivity index (χ2v) is 3.38. The molecule has 0 heterocycles. The van der Waals surface area contributed by atoms with Gasteiger partial charge < -0.3 is 15.7 Å². The van der Waals surface area contributed by atoms with Crippen LogP contribution in [0.2, 0.25) is 0 Å². The van der Waals surface area contributed by atoms with Crippen LogP contribution in [0, 0.1) is 0 Å². The summed E-state index contributed by atoms with van der Waals surface area (Å²) in [5.74, 6) is -1.08. The summed E-state index contributed by atoms with van der Waals surface area (Å²) in [5, 5.41) is 14.0. The van der Waals surface area contributed by atoms with Crippen molar-refractivity contribution in [2.24, 2.45) is 0 Å². The maximum absolute atomic E-state index is 10.8. The van der Waals surface area contributed by atoms with E-state index in [0.717, 1.165) is 17.5 Å². The van der Waals surface area contributed by atoms with Crippen LogP contribution in [-0.2, 0) is 9.59 Å². The van der Waals surface area contributed by atoms with Crippen LogP contribution >= 0.6 is 0 Å². The Balaban J connectivity index is 2.45. The summed E-state index contributed by atoms with van der Waals surface area (Å²) < 4.78 is 0. The predicted molar refractivity (Wildman–Crippen MR) is 66.0 cm³/mol. The van der Waals surface area contributed by atoms with E-state index in [9.17, 15) is 9.59 Å². The maximum atomic E-state index is 10.8. The van der Waals surface area contributed by atoms with Crippen molar-refractivity contribution in [1.29, 1.82) is 0 Å². The summed E-state index contributed by atoms with van der Waals surface area (Å²) in [6, 6.07) is 7.15.